The highest BCUT2D eigenvalue weighted by Gasteiger charge is 2.32. The van der Waals surface area contributed by atoms with Crippen molar-refractivity contribution in [1.82, 2.24) is 15.6 Å². The monoisotopic (exact) mass is 283 g/mol. The van der Waals surface area contributed by atoms with Crippen LogP contribution in [0.2, 0.25) is 0 Å². The summed E-state index contributed by atoms with van der Waals surface area (Å²) in [5.41, 5.74) is 0.0649. The molecule has 2 rings (SSSR count). The number of rotatable bonds is 5. The van der Waals surface area contributed by atoms with Gasteiger partial charge in [0.1, 0.15) is 4.88 Å². The van der Waals surface area contributed by atoms with Crippen LogP contribution in [-0.4, -0.2) is 44.2 Å². The molecule has 0 aromatic carbocycles. The number of thiazole rings is 1. The molecule has 0 aliphatic carbocycles. The van der Waals surface area contributed by atoms with Crippen LogP contribution >= 0.6 is 11.3 Å². The first-order valence-corrected chi connectivity index (χ1v) is 7.37. The molecule has 1 aliphatic rings. The minimum Gasteiger partial charge on any atom is -0.384 e. The topological polar surface area (TPSA) is 63.2 Å². The Hall–Kier alpha value is -0.980. The zero-order valence-electron chi connectivity index (χ0n) is 11.5. The largest absolute Gasteiger partial charge is 0.384 e. The Morgan fingerprint density at radius 1 is 1.58 bits per heavy atom. The number of carbonyl (C=O) groups excluding carboxylic acids is 1. The van der Waals surface area contributed by atoms with Gasteiger partial charge in [-0.05, 0) is 32.9 Å². The van der Waals surface area contributed by atoms with Gasteiger partial charge in [-0.2, -0.15) is 0 Å². The van der Waals surface area contributed by atoms with Crippen LogP contribution in [0, 0.1) is 12.3 Å². The SMILES string of the molecule is COCC1(CNC(=O)c2cnc(C)s2)CCNCC1. The maximum absolute atomic E-state index is 12.1. The minimum absolute atomic E-state index is 0.0281. The summed E-state index contributed by atoms with van der Waals surface area (Å²) in [6, 6.07) is 0. The van der Waals surface area contributed by atoms with E-state index >= 15 is 0 Å². The highest BCUT2D eigenvalue weighted by molar-refractivity contribution is 7.13. The van der Waals surface area contributed by atoms with Crippen molar-refractivity contribution in [1.29, 1.82) is 0 Å². The average Bonchev–Trinajstić information content (AvgIpc) is 2.84. The molecule has 1 fully saturated rings. The lowest BCUT2D eigenvalue weighted by Gasteiger charge is -2.37. The highest BCUT2D eigenvalue weighted by atomic mass is 32.1. The second-order valence-electron chi connectivity index (χ2n) is 5.11. The molecule has 1 saturated heterocycles. The van der Waals surface area contributed by atoms with Gasteiger partial charge in [-0.15, -0.1) is 11.3 Å². The van der Waals surface area contributed by atoms with Gasteiger partial charge >= 0.3 is 0 Å². The van der Waals surface area contributed by atoms with Crippen LogP contribution in [0.15, 0.2) is 6.20 Å². The van der Waals surface area contributed by atoms with Gasteiger partial charge in [-0.1, -0.05) is 0 Å². The third-order valence-corrected chi connectivity index (χ3v) is 4.50. The maximum atomic E-state index is 12.1. The summed E-state index contributed by atoms with van der Waals surface area (Å²) < 4.78 is 5.34. The molecular weight excluding hydrogens is 262 g/mol. The Labute approximate surface area is 117 Å². The van der Waals surface area contributed by atoms with E-state index in [0.29, 0.717) is 18.0 Å². The number of nitrogens with one attached hydrogen (secondary N) is 2. The van der Waals surface area contributed by atoms with E-state index < -0.39 is 0 Å². The maximum Gasteiger partial charge on any atom is 0.263 e. The number of amides is 1. The summed E-state index contributed by atoms with van der Waals surface area (Å²) >= 11 is 1.43. The first-order valence-electron chi connectivity index (χ1n) is 6.55. The molecule has 6 heteroatoms. The molecule has 0 saturated carbocycles. The van der Waals surface area contributed by atoms with Crippen LogP contribution in [0.3, 0.4) is 0 Å². The molecule has 1 amide bonds. The molecule has 19 heavy (non-hydrogen) atoms. The van der Waals surface area contributed by atoms with Gasteiger partial charge in [0, 0.05) is 19.1 Å². The lowest BCUT2D eigenvalue weighted by Crippen LogP contribution is -2.47. The van der Waals surface area contributed by atoms with Gasteiger partial charge in [0.2, 0.25) is 0 Å². The number of nitrogens with zero attached hydrogens (tertiary/aromatic N) is 1. The Morgan fingerprint density at radius 3 is 2.89 bits per heavy atom. The van der Waals surface area contributed by atoms with Crippen molar-refractivity contribution >= 4 is 17.2 Å². The van der Waals surface area contributed by atoms with Crippen molar-refractivity contribution < 1.29 is 9.53 Å². The van der Waals surface area contributed by atoms with E-state index in [0.717, 1.165) is 30.9 Å². The number of hydrogen-bond donors (Lipinski definition) is 2. The van der Waals surface area contributed by atoms with Crippen molar-refractivity contribution in [2.45, 2.75) is 19.8 Å². The summed E-state index contributed by atoms with van der Waals surface area (Å²) in [6.07, 6.45) is 3.70. The molecule has 0 atom stereocenters. The van der Waals surface area contributed by atoms with E-state index in [-0.39, 0.29) is 11.3 Å². The van der Waals surface area contributed by atoms with Crippen molar-refractivity contribution in [3.63, 3.8) is 0 Å². The quantitative estimate of drug-likeness (QED) is 0.852. The van der Waals surface area contributed by atoms with Crippen LogP contribution in [0.25, 0.3) is 0 Å². The van der Waals surface area contributed by atoms with Crippen LogP contribution in [0.1, 0.15) is 27.5 Å². The first kappa shape index (κ1) is 14.4. The number of aryl methyl sites for hydroxylation is 1. The second kappa shape index (κ2) is 6.45. The summed E-state index contributed by atoms with van der Waals surface area (Å²) in [5.74, 6) is -0.0281. The summed E-state index contributed by atoms with van der Waals surface area (Å²) in [6.45, 7) is 5.23. The lowest BCUT2D eigenvalue weighted by molar-refractivity contribution is 0.0512. The first-order chi connectivity index (χ1) is 9.15. The number of carbonyl (C=O) groups is 1. The van der Waals surface area contributed by atoms with E-state index in [1.54, 1.807) is 13.3 Å². The molecule has 0 unspecified atom stereocenters. The van der Waals surface area contributed by atoms with Crippen molar-refractivity contribution in [3.8, 4) is 0 Å². The van der Waals surface area contributed by atoms with E-state index in [2.05, 4.69) is 15.6 Å². The molecule has 2 heterocycles. The van der Waals surface area contributed by atoms with E-state index in [9.17, 15) is 4.79 Å². The molecular formula is C13H21N3O2S. The smallest absolute Gasteiger partial charge is 0.263 e. The second-order valence-corrected chi connectivity index (χ2v) is 6.34. The number of methoxy groups -OCH3 is 1. The standard InChI is InChI=1S/C13H21N3O2S/c1-10-15-7-11(19-10)12(17)16-8-13(9-18-2)3-5-14-6-4-13/h7,14H,3-6,8-9H2,1-2H3,(H,16,17). The highest BCUT2D eigenvalue weighted by Crippen LogP contribution is 2.28. The number of aromatic nitrogens is 1. The van der Waals surface area contributed by atoms with Gasteiger partial charge in [-0.3, -0.25) is 4.79 Å². The summed E-state index contributed by atoms with van der Waals surface area (Å²) in [4.78, 5) is 16.8. The number of hydrogen-bond acceptors (Lipinski definition) is 5. The average molecular weight is 283 g/mol. The molecule has 5 nitrogen and oxygen atoms in total. The van der Waals surface area contributed by atoms with Gasteiger partial charge < -0.3 is 15.4 Å². The Morgan fingerprint density at radius 2 is 2.32 bits per heavy atom. The van der Waals surface area contributed by atoms with Gasteiger partial charge in [0.25, 0.3) is 5.91 Å². The zero-order valence-corrected chi connectivity index (χ0v) is 12.3. The summed E-state index contributed by atoms with van der Waals surface area (Å²) in [5, 5.41) is 7.29. The fourth-order valence-corrected chi connectivity index (χ4v) is 3.15. The van der Waals surface area contributed by atoms with Crippen LogP contribution in [-0.2, 0) is 4.74 Å². The molecule has 0 spiro atoms. The molecule has 0 bridgehead atoms. The molecule has 0 radical (unpaired) electrons. The molecule has 106 valence electrons. The third kappa shape index (κ3) is 3.75. The Bertz CT molecular complexity index is 422. The van der Waals surface area contributed by atoms with Crippen LogP contribution in [0.4, 0.5) is 0 Å². The van der Waals surface area contributed by atoms with Gasteiger partial charge in [0.15, 0.2) is 0 Å². The Kier molecular flexibility index (Phi) is 4.90. The van der Waals surface area contributed by atoms with Crippen molar-refractivity contribution in [2.24, 2.45) is 5.41 Å². The molecule has 2 N–H and O–H groups in total. The van der Waals surface area contributed by atoms with Gasteiger partial charge in [0.05, 0.1) is 17.8 Å². The van der Waals surface area contributed by atoms with E-state index in [1.165, 1.54) is 11.3 Å². The molecule has 1 aromatic heterocycles. The molecule has 1 aliphatic heterocycles. The molecule has 1 aromatic rings. The Balaban J connectivity index is 1.93. The predicted molar refractivity (Wildman–Crippen MR) is 75.6 cm³/mol. The van der Waals surface area contributed by atoms with Crippen molar-refractivity contribution in [2.75, 3.05) is 33.4 Å². The van der Waals surface area contributed by atoms with E-state index in [1.807, 2.05) is 6.92 Å². The number of piperidine rings is 1. The van der Waals surface area contributed by atoms with E-state index in [4.69, 9.17) is 4.74 Å². The fourth-order valence-electron chi connectivity index (χ4n) is 2.46. The fraction of sp³-hybridized carbons (Fsp3) is 0.692. The van der Waals surface area contributed by atoms with Gasteiger partial charge in [-0.25, -0.2) is 4.98 Å². The van der Waals surface area contributed by atoms with Crippen LogP contribution in [0.5, 0.6) is 0 Å². The van der Waals surface area contributed by atoms with Crippen molar-refractivity contribution in [3.05, 3.63) is 16.1 Å². The zero-order chi connectivity index (χ0) is 13.7. The summed E-state index contributed by atoms with van der Waals surface area (Å²) in [7, 11) is 1.72. The third-order valence-electron chi connectivity index (χ3n) is 3.58. The predicted octanol–water partition coefficient (Wildman–Crippen LogP) is 1.20. The van der Waals surface area contributed by atoms with Crippen LogP contribution < -0.4 is 10.6 Å². The number of ether oxygens (including phenoxy) is 1. The minimum atomic E-state index is -0.0281. The lowest BCUT2D eigenvalue weighted by atomic mass is 9.79. The normalized spacial score (nSPS) is 18.2.